The number of halogens is 6. The van der Waals surface area contributed by atoms with E-state index in [1.165, 1.54) is 13.8 Å². The molecule has 0 bridgehead atoms. The summed E-state index contributed by atoms with van der Waals surface area (Å²) in [7, 11) is 0. The summed E-state index contributed by atoms with van der Waals surface area (Å²) in [6.45, 7) is 1.15. The monoisotopic (exact) mass is 339 g/mol. The van der Waals surface area contributed by atoms with Gasteiger partial charge in [-0.1, -0.05) is 0 Å². The van der Waals surface area contributed by atoms with Crippen LogP contribution >= 0.6 is 0 Å². The Hall–Kier alpha value is -2.01. The van der Waals surface area contributed by atoms with Crippen molar-refractivity contribution in [1.29, 1.82) is 0 Å². The Morgan fingerprint density at radius 2 is 1.50 bits per heavy atom. The number of rotatable bonds is 5. The molecule has 1 N–H and O–H groups in total. The first-order valence-corrected chi connectivity index (χ1v) is 5.57. The molecule has 0 fully saturated rings. The number of carbonyl (C=O) groups excluding carboxylic acids is 3. The molecular weight excluding hydrogens is 328 g/mol. The Balaban J connectivity index is 4.91. The molecule has 0 aliphatic carbocycles. The third-order valence-electron chi connectivity index (χ3n) is 1.81. The quantitative estimate of drug-likeness (QED) is 0.599. The maximum absolute atomic E-state index is 12.1. The van der Waals surface area contributed by atoms with Crippen LogP contribution in [0.15, 0.2) is 0 Å². The molecule has 0 aromatic heterocycles. The van der Waals surface area contributed by atoms with Crippen LogP contribution in [0.3, 0.4) is 0 Å². The topological polar surface area (TPSA) is 81.7 Å². The van der Waals surface area contributed by atoms with Gasteiger partial charge in [0, 0.05) is 0 Å². The molecule has 1 unspecified atom stereocenters. The molecule has 128 valence electrons. The fraction of sp³-hybridized carbons (Fsp3) is 0.700. The van der Waals surface area contributed by atoms with E-state index in [4.69, 9.17) is 0 Å². The van der Waals surface area contributed by atoms with Crippen molar-refractivity contribution in [2.45, 2.75) is 38.3 Å². The highest BCUT2D eigenvalue weighted by atomic mass is 19.4. The highest BCUT2D eigenvalue weighted by molar-refractivity contribution is 5.88. The van der Waals surface area contributed by atoms with Crippen LogP contribution in [0.5, 0.6) is 0 Å². The lowest BCUT2D eigenvalue weighted by molar-refractivity contribution is -0.201. The summed E-state index contributed by atoms with van der Waals surface area (Å²) in [4.78, 5) is 32.6. The van der Waals surface area contributed by atoms with E-state index in [1.807, 2.05) is 0 Å². The summed E-state index contributed by atoms with van der Waals surface area (Å²) in [5, 5.41) is 1.09. The fourth-order valence-electron chi connectivity index (χ4n) is 0.964. The van der Waals surface area contributed by atoms with Gasteiger partial charge in [-0.3, -0.25) is 4.79 Å². The van der Waals surface area contributed by atoms with Gasteiger partial charge in [0.1, 0.15) is 6.61 Å². The number of alkyl halides is 6. The largest absolute Gasteiger partial charge is 0.490 e. The minimum atomic E-state index is -5.40. The lowest BCUT2D eigenvalue weighted by atomic mass is 10.3. The van der Waals surface area contributed by atoms with Gasteiger partial charge in [-0.05, 0) is 13.8 Å². The van der Waals surface area contributed by atoms with E-state index in [1.54, 1.807) is 0 Å². The van der Waals surface area contributed by atoms with Crippen LogP contribution in [0.25, 0.3) is 0 Å². The molecule has 0 aliphatic heterocycles. The summed E-state index contributed by atoms with van der Waals surface area (Å²) in [6.07, 6.45) is -11.6. The Kier molecular flexibility index (Phi) is 6.64. The predicted octanol–water partition coefficient (Wildman–Crippen LogP) is 1.09. The standard InChI is InChI=1S/C10H11F6NO5/c1-4(2)22-6(18)5(17-7(19)9(11,12)13)3-21-8(20)10(14,15)16/h4-5H,3H2,1-2H3,(H,17,19). The van der Waals surface area contributed by atoms with Crippen LogP contribution in [0.4, 0.5) is 26.3 Å². The zero-order chi connectivity index (χ0) is 17.7. The zero-order valence-electron chi connectivity index (χ0n) is 11.2. The summed E-state index contributed by atoms with van der Waals surface area (Å²) in [5.74, 6) is -6.81. The minimum absolute atomic E-state index is 0.823. The number of ether oxygens (including phenoxy) is 2. The Labute approximate surface area is 119 Å². The van der Waals surface area contributed by atoms with Crippen LogP contribution in [-0.2, 0) is 23.9 Å². The van der Waals surface area contributed by atoms with Gasteiger partial charge < -0.3 is 14.8 Å². The average Bonchev–Trinajstić information content (AvgIpc) is 2.29. The maximum atomic E-state index is 12.1. The third-order valence-corrected chi connectivity index (χ3v) is 1.81. The van der Waals surface area contributed by atoms with Crippen molar-refractivity contribution in [2.24, 2.45) is 0 Å². The first kappa shape index (κ1) is 20.0. The van der Waals surface area contributed by atoms with E-state index in [-0.39, 0.29) is 0 Å². The fourth-order valence-corrected chi connectivity index (χ4v) is 0.964. The number of nitrogens with one attached hydrogen (secondary N) is 1. The van der Waals surface area contributed by atoms with Crippen molar-refractivity contribution in [2.75, 3.05) is 6.61 Å². The van der Waals surface area contributed by atoms with E-state index in [0.717, 1.165) is 5.32 Å². The summed E-state index contributed by atoms with van der Waals surface area (Å²) in [5.41, 5.74) is 0. The first-order valence-electron chi connectivity index (χ1n) is 5.57. The molecular formula is C10H11F6NO5. The highest BCUT2D eigenvalue weighted by Gasteiger charge is 2.44. The molecule has 0 rings (SSSR count). The Morgan fingerprint density at radius 1 is 1.00 bits per heavy atom. The van der Waals surface area contributed by atoms with Gasteiger partial charge >= 0.3 is 30.2 Å². The number of hydrogen-bond donors (Lipinski definition) is 1. The molecule has 0 aromatic carbocycles. The lowest BCUT2D eigenvalue weighted by Gasteiger charge is -2.20. The van der Waals surface area contributed by atoms with Crippen molar-refractivity contribution in [3.63, 3.8) is 0 Å². The van der Waals surface area contributed by atoms with E-state index in [9.17, 15) is 40.7 Å². The lowest BCUT2D eigenvalue weighted by Crippen LogP contribution is -2.50. The van der Waals surface area contributed by atoms with Crippen molar-refractivity contribution in [3.05, 3.63) is 0 Å². The molecule has 1 atom stereocenters. The first-order chi connectivity index (χ1) is 9.75. The maximum Gasteiger partial charge on any atom is 0.490 e. The third kappa shape index (κ3) is 7.13. The average molecular weight is 339 g/mol. The second-order valence-electron chi connectivity index (χ2n) is 4.11. The van der Waals surface area contributed by atoms with Gasteiger partial charge in [0.05, 0.1) is 6.10 Å². The SMILES string of the molecule is CC(C)OC(=O)C(COC(=O)C(F)(F)F)NC(=O)C(F)(F)F. The van der Waals surface area contributed by atoms with Crippen LogP contribution < -0.4 is 5.32 Å². The summed E-state index contributed by atoms with van der Waals surface area (Å²) >= 11 is 0. The molecule has 0 aliphatic rings. The van der Waals surface area contributed by atoms with E-state index in [0.29, 0.717) is 0 Å². The van der Waals surface area contributed by atoms with Crippen LogP contribution in [-0.4, -0.2) is 49.0 Å². The molecule has 0 heterocycles. The number of esters is 2. The van der Waals surface area contributed by atoms with Crippen molar-refractivity contribution >= 4 is 17.8 Å². The smallest absolute Gasteiger partial charge is 0.461 e. The van der Waals surface area contributed by atoms with Crippen LogP contribution in [0, 0.1) is 0 Å². The van der Waals surface area contributed by atoms with Crippen molar-refractivity contribution in [3.8, 4) is 0 Å². The molecule has 0 saturated carbocycles. The number of hydrogen-bond acceptors (Lipinski definition) is 5. The van der Waals surface area contributed by atoms with Gasteiger partial charge in [0.25, 0.3) is 0 Å². The predicted molar refractivity (Wildman–Crippen MR) is 56.2 cm³/mol. The Morgan fingerprint density at radius 3 is 1.86 bits per heavy atom. The molecule has 22 heavy (non-hydrogen) atoms. The van der Waals surface area contributed by atoms with Crippen molar-refractivity contribution < 1.29 is 50.2 Å². The van der Waals surface area contributed by atoms with Gasteiger partial charge in [0.2, 0.25) is 0 Å². The molecule has 1 amide bonds. The number of amides is 1. The molecule has 12 heteroatoms. The van der Waals surface area contributed by atoms with Crippen molar-refractivity contribution in [1.82, 2.24) is 5.32 Å². The van der Waals surface area contributed by atoms with Crippen LogP contribution in [0.1, 0.15) is 13.8 Å². The van der Waals surface area contributed by atoms with Crippen LogP contribution in [0.2, 0.25) is 0 Å². The molecule has 0 saturated heterocycles. The van der Waals surface area contributed by atoms with Gasteiger partial charge in [0.15, 0.2) is 6.04 Å². The second-order valence-corrected chi connectivity index (χ2v) is 4.11. The molecule has 0 spiro atoms. The Bertz CT molecular complexity index is 431. The highest BCUT2D eigenvalue weighted by Crippen LogP contribution is 2.17. The second kappa shape index (κ2) is 7.31. The molecule has 0 aromatic rings. The van der Waals surface area contributed by atoms with E-state index < -0.39 is 49.0 Å². The van der Waals surface area contributed by atoms with E-state index >= 15 is 0 Å². The molecule has 0 radical (unpaired) electrons. The normalized spacial score (nSPS) is 13.5. The summed E-state index contributed by atoms with van der Waals surface area (Å²) in [6, 6.07) is -2.23. The van der Waals surface area contributed by atoms with Gasteiger partial charge in [-0.25, -0.2) is 9.59 Å². The summed E-state index contributed by atoms with van der Waals surface area (Å²) < 4.78 is 80.0. The zero-order valence-corrected chi connectivity index (χ0v) is 11.2. The van der Waals surface area contributed by atoms with Gasteiger partial charge in [-0.2, -0.15) is 26.3 Å². The molecule has 6 nitrogen and oxygen atoms in total. The number of carbonyl (C=O) groups is 3. The van der Waals surface area contributed by atoms with Gasteiger partial charge in [-0.15, -0.1) is 0 Å². The van der Waals surface area contributed by atoms with E-state index in [2.05, 4.69) is 9.47 Å². The minimum Gasteiger partial charge on any atom is -0.461 e.